The highest BCUT2D eigenvalue weighted by Crippen LogP contribution is 2.18. The number of nitrogens with one attached hydrogen (secondary N) is 1. The Labute approximate surface area is 91.0 Å². The van der Waals surface area contributed by atoms with Crippen molar-refractivity contribution in [1.29, 1.82) is 0 Å². The van der Waals surface area contributed by atoms with Crippen molar-refractivity contribution in [3.8, 4) is 0 Å². The molecule has 0 saturated heterocycles. The fourth-order valence-corrected chi connectivity index (χ4v) is 1.62. The molecular weight excluding hydrogens is 186 g/mol. The molecular formula is C13H17NO. The maximum atomic E-state index is 5.66. The summed E-state index contributed by atoms with van der Waals surface area (Å²) in [6.45, 7) is 3.74. The largest absolute Gasteiger partial charge is 0.475 e. The van der Waals surface area contributed by atoms with Gasteiger partial charge in [-0.25, -0.2) is 0 Å². The van der Waals surface area contributed by atoms with E-state index in [1.165, 1.54) is 17.6 Å². The van der Waals surface area contributed by atoms with Crippen LogP contribution in [0.4, 0.5) is 0 Å². The zero-order valence-corrected chi connectivity index (χ0v) is 9.12. The van der Waals surface area contributed by atoms with Gasteiger partial charge in [0, 0.05) is 6.54 Å². The van der Waals surface area contributed by atoms with Gasteiger partial charge in [0.1, 0.15) is 6.61 Å². The predicted molar refractivity (Wildman–Crippen MR) is 62.3 cm³/mol. The van der Waals surface area contributed by atoms with Gasteiger partial charge in [-0.3, -0.25) is 0 Å². The van der Waals surface area contributed by atoms with Crippen molar-refractivity contribution >= 4 is 0 Å². The minimum atomic E-state index is 0.705. The van der Waals surface area contributed by atoms with Gasteiger partial charge in [0.25, 0.3) is 0 Å². The van der Waals surface area contributed by atoms with Crippen LogP contribution in [0.2, 0.25) is 0 Å². The minimum absolute atomic E-state index is 0.705. The van der Waals surface area contributed by atoms with E-state index >= 15 is 0 Å². The molecule has 0 aromatic heterocycles. The highest BCUT2D eigenvalue weighted by atomic mass is 16.5. The molecule has 0 fully saturated rings. The summed E-state index contributed by atoms with van der Waals surface area (Å²) >= 11 is 0. The van der Waals surface area contributed by atoms with Gasteiger partial charge in [0.15, 0.2) is 5.88 Å². The second-order valence-electron chi connectivity index (χ2n) is 3.97. The summed E-state index contributed by atoms with van der Waals surface area (Å²) in [6, 6.07) is 0. The van der Waals surface area contributed by atoms with Crippen LogP contribution < -0.4 is 5.32 Å². The molecule has 0 aromatic carbocycles. The normalized spacial score (nSPS) is 19.9. The van der Waals surface area contributed by atoms with Crippen LogP contribution in [0.15, 0.2) is 47.4 Å². The van der Waals surface area contributed by atoms with Gasteiger partial charge in [0.05, 0.1) is 0 Å². The van der Waals surface area contributed by atoms with Crippen LogP contribution in [0.3, 0.4) is 0 Å². The molecule has 1 aliphatic heterocycles. The first-order valence-electron chi connectivity index (χ1n) is 5.43. The molecule has 15 heavy (non-hydrogen) atoms. The lowest BCUT2D eigenvalue weighted by Crippen LogP contribution is -2.18. The second kappa shape index (κ2) is 4.87. The third-order valence-electron chi connectivity index (χ3n) is 2.63. The average molecular weight is 203 g/mol. The van der Waals surface area contributed by atoms with Crippen LogP contribution in [0, 0.1) is 0 Å². The van der Waals surface area contributed by atoms with Gasteiger partial charge in [-0.15, -0.1) is 0 Å². The Morgan fingerprint density at radius 3 is 2.87 bits per heavy atom. The van der Waals surface area contributed by atoms with E-state index in [1.54, 1.807) is 0 Å². The van der Waals surface area contributed by atoms with Gasteiger partial charge in [-0.1, -0.05) is 29.9 Å². The first kappa shape index (κ1) is 10.1. The SMILES string of the molecule is CC1=CC=C(COC2=CC=CCN2)CC1. The molecule has 0 radical (unpaired) electrons. The summed E-state index contributed by atoms with van der Waals surface area (Å²) in [5, 5.41) is 3.18. The van der Waals surface area contributed by atoms with E-state index in [4.69, 9.17) is 4.74 Å². The standard InChI is InChI=1S/C13H17NO/c1-11-5-7-12(8-6-11)10-15-13-4-2-3-9-14-13/h2-5,7,14H,6,8-10H2,1H3. The van der Waals surface area contributed by atoms with Gasteiger partial charge in [-0.2, -0.15) is 0 Å². The Morgan fingerprint density at radius 2 is 2.20 bits per heavy atom. The quantitative estimate of drug-likeness (QED) is 0.761. The zero-order chi connectivity index (χ0) is 10.5. The van der Waals surface area contributed by atoms with Crippen LogP contribution >= 0.6 is 0 Å². The highest BCUT2D eigenvalue weighted by Gasteiger charge is 2.05. The number of dihydropyridines is 1. The molecule has 2 heteroatoms. The topological polar surface area (TPSA) is 21.3 Å². The van der Waals surface area contributed by atoms with E-state index in [9.17, 15) is 0 Å². The van der Waals surface area contributed by atoms with Gasteiger partial charge < -0.3 is 10.1 Å². The summed E-state index contributed by atoms with van der Waals surface area (Å²) in [7, 11) is 0. The van der Waals surface area contributed by atoms with Crippen LogP contribution in [-0.2, 0) is 4.74 Å². The van der Waals surface area contributed by atoms with Crippen LogP contribution in [0.5, 0.6) is 0 Å². The fraction of sp³-hybridized carbons (Fsp3) is 0.385. The number of rotatable bonds is 3. The van der Waals surface area contributed by atoms with E-state index in [2.05, 4.69) is 30.5 Å². The van der Waals surface area contributed by atoms with Crippen molar-refractivity contribution in [3.63, 3.8) is 0 Å². The highest BCUT2D eigenvalue weighted by molar-refractivity contribution is 5.23. The lowest BCUT2D eigenvalue weighted by molar-refractivity contribution is 0.214. The maximum Gasteiger partial charge on any atom is 0.187 e. The van der Waals surface area contributed by atoms with Crippen molar-refractivity contribution in [1.82, 2.24) is 5.32 Å². The predicted octanol–water partition coefficient (Wildman–Crippen LogP) is 2.67. The molecule has 0 aromatic rings. The molecule has 2 rings (SSSR count). The Morgan fingerprint density at radius 1 is 1.27 bits per heavy atom. The molecule has 2 aliphatic rings. The molecule has 0 bridgehead atoms. The molecule has 80 valence electrons. The van der Waals surface area contributed by atoms with Crippen LogP contribution in [-0.4, -0.2) is 13.2 Å². The lowest BCUT2D eigenvalue weighted by Gasteiger charge is -2.16. The fourth-order valence-electron chi connectivity index (χ4n) is 1.62. The Bertz CT molecular complexity index is 348. The number of allylic oxidation sites excluding steroid dienone is 5. The summed E-state index contributed by atoms with van der Waals surface area (Å²) in [4.78, 5) is 0. The van der Waals surface area contributed by atoms with E-state index in [1.807, 2.05) is 12.2 Å². The third kappa shape index (κ3) is 3.01. The average Bonchev–Trinajstić information content (AvgIpc) is 2.30. The maximum absolute atomic E-state index is 5.66. The molecule has 0 unspecified atom stereocenters. The number of hydrogen-bond acceptors (Lipinski definition) is 2. The summed E-state index contributed by atoms with van der Waals surface area (Å²) in [5.74, 6) is 0.879. The van der Waals surface area contributed by atoms with E-state index < -0.39 is 0 Å². The van der Waals surface area contributed by atoms with Crippen molar-refractivity contribution in [2.45, 2.75) is 19.8 Å². The van der Waals surface area contributed by atoms with Gasteiger partial charge in [-0.05, 0) is 31.4 Å². The molecule has 0 amide bonds. The first-order valence-corrected chi connectivity index (χ1v) is 5.43. The van der Waals surface area contributed by atoms with E-state index in [0.29, 0.717) is 6.61 Å². The van der Waals surface area contributed by atoms with Crippen molar-refractivity contribution < 1.29 is 4.74 Å². The third-order valence-corrected chi connectivity index (χ3v) is 2.63. The molecule has 0 atom stereocenters. The number of ether oxygens (including phenoxy) is 1. The molecule has 1 aliphatic carbocycles. The molecule has 1 N–H and O–H groups in total. The Kier molecular flexibility index (Phi) is 3.28. The summed E-state index contributed by atoms with van der Waals surface area (Å²) < 4.78 is 5.66. The van der Waals surface area contributed by atoms with Crippen molar-refractivity contribution in [2.24, 2.45) is 0 Å². The van der Waals surface area contributed by atoms with Crippen LogP contribution in [0.25, 0.3) is 0 Å². The van der Waals surface area contributed by atoms with E-state index in [-0.39, 0.29) is 0 Å². The monoisotopic (exact) mass is 203 g/mol. The Balaban J connectivity index is 1.83. The number of hydrogen-bond donors (Lipinski definition) is 1. The van der Waals surface area contributed by atoms with Gasteiger partial charge >= 0.3 is 0 Å². The first-order chi connectivity index (χ1) is 7.34. The van der Waals surface area contributed by atoms with Crippen molar-refractivity contribution in [2.75, 3.05) is 13.2 Å². The summed E-state index contributed by atoms with van der Waals surface area (Å²) in [6.07, 6.45) is 12.7. The van der Waals surface area contributed by atoms with Crippen LogP contribution in [0.1, 0.15) is 19.8 Å². The minimum Gasteiger partial charge on any atom is -0.475 e. The molecule has 0 spiro atoms. The smallest absolute Gasteiger partial charge is 0.187 e. The molecule has 2 nitrogen and oxygen atoms in total. The lowest BCUT2D eigenvalue weighted by atomic mass is 10.0. The van der Waals surface area contributed by atoms with Gasteiger partial charge in [0.2, 0.25) is 0 Å². The Hall–Kier alpha value is -1.44. The van der Waals surface area contributed by atoms with E-state index in [0.717, 1.165) is 18.8 Å². The molecule has 1 heterocycles. The van der Waals surface area contributed by atoms with Crippen molar-refractivity contribution in [3.05, 3.63) is 47.4 Å². The summed E-state index contributed by atoms with van der Waals surface area (Å²) in [5.41, 5.74) is 2.83. The molecule has 0 saturated carbocycles. The second-order valence-corrected chi connectivity index (χ2v) is 3.97. The zero-order valence-electron chi connectivity index (χ0n) is 9.12.